The van der Waals surface area contributed by atoms with Crippen molar-refractivity contribution in [1.29, 1.82) is 0 Å². The van der Waals surface area contributed by atoms with Crippen LogP contribution in [0.1, 0.15) is 37.4 Å². The molecule has 1 aromatic carbocycles. The maximum Gasteiger partial charge on any atom is 0.261 e. The molecule has 2 aromatic heterocycles. The van der Waals surface area contributed by atoms with E-state index in [2.05, 4.69) is 15.3 Å². The molecule has 30 heavy (non-hydrogen) atoms. The predicted octanol–water partition coefficient (Wildman–Crippen LogP) is 3.17. The molecule has 3 amide bonds. The topological polar surface area (TPSA) is 92.3 Å². The number of imide groups is 1. The minimum Gasteiger partial charge on any atom is -0.310 e. The molecular formula is C23H20N4O3. The maximum atomic E-state index is 12.6. The molecular weight excluding hydrogens is 380 g/mol. The first kappa shape index (κ1) is 19.4. The minimum atomic E-state index is -0.382. The Bertz CT molecular complexity index is 1190. The molecule has 0 radical (unpaired) electrons. The van der Waals surface area contributed by atoms with Gasteiger partial charge in [0.05, 0.1) is 17.5 Å². The lowest BCUT2D eigenvalue weighted by Gasteiger charge is -2.09. The van der Waals surface area contributed by atoms with Crippen LogP contribution in [0.5, 0.6) is 0 Å². The molecule has 3 aromatic rings. The van der Waals surface area contributed by atoms with Gasteiger partial charge >= 0.3 is 0 Å². The Labute approximate surface area is 173 Å². The summed E-state index contributed by atoms with van der Waals surface area (Å²) in [5.74, 6) is -0.626. The van der Waals surface area contributed by atoms with Crippen LogP contribution in [0.2, 0.25) is 0 Å². The summed E-state index contributed by atoms with van der Waals surface area (Å²) in [6.07, 6.45) is 5.19. The Balaban J connectivity index is 1.52. The van der Waals surface area contributed by atoms with E-state index in [1.807, 2.05) is 26.0 Å². The molecule has 4 rings (SSSR count). The number of fused-ring (bicyclic) bond motifs is 1. The first-order chi connectivity index (χ1) is 14.3. The predicted molar refractivity (Wildman–Crippen MR) is 112 cm³/mol. The van der Waals surface area contributed by atoms with Crippen LogP contribution in [0.4, 0.5) is 5.82 Å². The van der Waals surface area contributed by atoms with Gasteiger partial charge in [-0.25, -0.2) is 4.98 Å². The molecule has 1 aliphatic heterocycles. The Morgan fingerprint density at radius 2 is 1.77 bits per heavy atom. The molecule has 0 bridgehead atoms. The molecule has 7 heteroatoms. The number of hydrogen-bond acceptors (Lipinski definition) is 5. The lowest BCUT2D eigenvalue weighted by molar-refractivity contribution is -0.115. The Hall–Kier alpha value is -3.87. The van der Waals surface area contributed by atoms with Crippen molar-refractivity contribution in [3.05, 3.63) is 76.7 Å². The zero-order valence-corrected chi connectivity index (χ0v) is 16.9. The van der Waals surface area contributed by atoms with Crippen LogP contribution in [0.3, 0.4) is 0 Å². The van der Waals surface area contributed by atoms with Crippen LogP contribution in [0.25, 0.3) is 11.1 Å². The molecule has 1 aliphatic rings. The monoisotopic (exact) mass is 400 g/mol. The fourth-order valence-corrected chi connectivity index (χ4v) is 3.57. The highest BCUT2D eigenvalue weighted by molar-refractivity contribution is 6.22. The molecule has 0 saturated heterocycles. The number of benzene rings is 1. The van der Waals surface area contributed by atoms with E-state index in [4.69, 9.17) is 0 Å². The average Bonchev–Trinajstić information content (AvgIpc) is 2.92. The van der Waals surface area contributed by atoms with Crippen molar-refractivity contribution in [1.82, 2.24) is 14.9 Å². The van der Waals surface area contributed by atoms with Crippen LogP contribution >= 0.6 is 0 Å². The van der Waals surface area contributed by atoms with Crippen molar-refractivity contribution >= 4 is 23.5 Å². The van der Waals surface area contributed by atoms with E-state index in [1.54, 1.807) is 36.8 Å². The van der Waals surface area contributed by atoms with Crippen LogP contribution in [-0.4, -0.2) is 39.6 Å². The van der Waals surface area contributed by atoms with Crippen molar-refractivity contribution < 1.29 is 14.4 Å². The minimum absolute atomic E-state index is 0.0257. The van der Waals surface area contributed by atoms with Crippen molar-refractivity contribution in [2.45, 2.75) is 20.3 Å². The number of rotatable bonds is 4. The first-order valence-corrected chi connectivity index (χ1v) is 9.47. The van der Waals surface area contributed by atoms with Gasteiger partial charge in [-0.05, 0) is 54.8 Å². The summed E-state index contributed by atoms with van der Waals surface area (Å²) < 4.78 is 0. The third kappa shape index (κ3) is 3.57. The van der Waals surface area contributed by atoms with Crippen molar-refractivity contribution in [3.63, 3.8) is 0 Å². The number of carbonyl (C=O) groups excluding carboxylic acids is 3. The highest BCUT2D eigenvalue weighted by Gasteiger charge is 2.35. The van der Waals surface area contributed by atoms with Crippen molar-refractivity contribution in [2.75, 3.05) is 12.4 Å². The van der Waals surface area contributed by atoms with E-state index in [1.165, 1.54) is 7.05 Å². The van der Waals surface area contributed by atoms with Gasteiger partial charge in [0, 0.05) is 36.8 Å². The number of nitrogens with zero attached hydrogens (tertiary/aromatic N) is 3. The van der Waals surface area contributed by atoms with Gasteiger partial charge in [0.2, 0.25) is 5.91 Å². The summed E-state index contributed by atoms with van der Waals surface area (Å²) in [4.78, 5) is 46.8. The molecule has 3 heterocycles. The van der Waals surface area contributed by atoms with Gasteiger partial charge in [0.15, 0.2) is 0 Å². The van der Waals surface area contributed by atoms with E-state index in [0.717, 1.165) is 27.2 Å². The molecule has 0 aliphatic carbocycles. The Morgan fingerprint density at radius 1 is 0.967 bits per heavy atom. The second-order valence-electron chi connectivity index (χ2n) is 7.42. The first-order valence-electron chi connectivity index (χ1n) is 9.47. The summed E-state index contributed by atoms with van der Waals surface area (Å²) in [6.45, 7) is 3.80. The lowest BCUT2D eigenvalue weighted by atomic mass is 9.97. The summed E-state index contributed by atoms with van der Waals surface area (Å²) >= 11 is 0. The van der Waals surface area contributed by atoms with Gasteiger partial charge in [0.1, 0.15) is 5.82 Å². The molecule has 0 saturated carbocycles. The van der Waals surface area contributed by atoms with Gasteiger partial charge in [-0.15, -0.1) is 0 Å². The number of hydrogen-bond donors (Lipinski definition) is 1. The van der Waals surface area contributed by atoms with E-state index < -0.39 is 0 Å². The van der Waals surface area contributed by atoms with Crippen LogP contribution < -0.4 is 5.32 Å². The molecule has 0 spiro atoms. The Morgan fingerprint density at radius 3 is 2.47 bits per heavy atom. The van der Waals surface area contributed by atoms with Gasteiger partial charge in [-0.2, -0.15) is 0 Å². The summed E-state index contributed by atoms with van der Waals surface area (Å²) in [7, 11) is 1.44. The van der Waals surface area contributed by atoms with E-state index in [-0.39, 0.29) is 24.1 Å². The van der Waals surface area contributed by atoms with Gasteiger partial charge < -0.3 is 5.32 Å². The molecule has 150 valence electrons. The van der Waals surface area contributed by atoms with Gasteiger partial charge in [0.25, 0.3) is 11.8 Å². The largest absolute Gasteiger partial charge is 0.310 e. The SMILES string of the molecule is Cc1cncc(-c2ccc(NC(=O)Cc3cc(C)cc4c3C(=O)N(C)C4=O)nc2)c1. The number of pyridine rings is 2. The number of anilines is 1. The highest BCUT2D eigenvalue weighted by Crippen LogP contribution is 2.27. The lowest BCUT2D eigenvalue weighted by Crippen LogP contribution is -2.24. The van der Waals surface area contributed by atoms with Gasteiger partial charge in [-0.3, -0.25) is 24.3 Å². The summed E-state index contributed by atoms with van der Waals surface area (Å²) in [5.41, 5.74) is 4.90. The van der Waals surface area contributed by atoms with Crippen LogP contribution in [-0.2, 0) is 11.2 Å². The maximum absolute atomic E-state index is 12.6. The quantitative estimate of drug-likeness (QED) is 0.679. The third-order valence-electron chi connectivity index (χ3n) is 5.01. The van der Waals surface area contributed by atoms with E-state index in [0.29, 0.717) is 22.5 Å². The number of nitrogens with one attached hydrogen (secondary N) is 1. The molecule has 1 N–H and O–H groups in total. The molecule has 7 nitrogen and oxygen atoms in total. The Kier molecular flexibility index (Phi) is 4.87. The average molecular weight is 400 g/mol. The van der Waals surface area contributed by atoms with Gasteiger partial charge in [-0.1, -0.05) is 6.07 Å². The molecule has 0 atom stereocenters. The van der Waals surface area contributed by atoms with Crippen molar-refractivity contribution in [2.24, 2.45) is 0 Å². The van der Waals surface area contributed by atoms with E-state index >= 15 is 0 Å². The normalized spacial score (nSPS) is 12.8. The van der Waals surface area contributed by atoms with Crippen molar-refractivity contribution in [3.8, 4) is 11.1 Å². The summed E-state index contributed by atoms with van der Waals surface area (Å²) in [5, 5.41) is 2.75. The van der Waals surface area contributed by atoms with Crippen LogP contribution in [0.15, 0.2) is 48.9 Å². The van der Waals surface area contributed by atoms with E-state index in [9.17, 15) is 14.4 Å². The smallest absolute Gasteiger partial charge is 0.261 e. The number of aryl methyl sites for hydroxylation is 2. The zero-order valence-electron chi connectivity index (χ0n) is 16.9. The summed E-state index contributed by atoms with van der Waals surface area (Å²) in [6, 6.07) is 9.04. The second kappa shape index (κ2) is 7.51. The second-order valence-corrected chi connectivity index (χ2v) is 7.42. The number of aromatic nitrogens is 2. The zero-order chi connectivity index (χ0) is 21.4. The van der Waals surface area contributed by atoms with Crippen LogP contribution in [0, 0.1) is 13.8 Å². The molecule has 0 fully saturated rings. The number of carbonyl (C=O) groups is 3. The highest BCUT2D eigenvalue weighted by atomic mass is 16.2. The fourth-order valence-electron chi connectivity index (χ4n) is 3.57. The molecule has 0 unspecified atom stereocenters. The standard InChI is InChI=1S/C23H20N4O3/c1-13-6-16(21-18(8-13)22(29)27(3)23(21)30)9-20(28)26-19-5-4-15(12-25-19)17-7-14(2)10-24-11-17/h4-8,10-12H,9H2,1-3H3,(H,25,26,28). The fraction of sp³-hybridized carbons (Fsp3) is 0.174. The third-order valence-corrected chi connectivity index (χ3v) is 5.01. The number of amides is 3.